The molecule has 3 nitrogen and oxygen atoms in total. The summed E-state index contributed by atoms with van der Waals surface area (Å²) >= 11 is 12.4. The molecule has 1 heterocycles. The second-order valence-electron chi connectivity index (χ2n) is 5.58. The van der Waals surface area contributed by atoms with E-state index in [1.807, 2.05) is 24.3 Å². The maximum Gasteiger partial charge on any atom is 0.254 e. The van der Waals surface area contributed by atoms with Gasteiger partial charge in [0.25, 0.3) is 5.91 Å². The largest absolute Gasteiger partial charge is 0.334 e. The fraction of sp³-hybridized carbons (Fsp3) is 0.222. The number of carbonyl (C=O) groups is 2. The van der Waals surface area contributed by atoms with Crippen LogP contribution in [0.2, 0.25) is 10.0 Å². The van der Waals surface area contributed by atoms with E-state index in [9.17, 15) is 9.59 Å². The monoisotopic (exact) mass is 347 g/mol. The van der Waals surface area contributed by atoms with Crippen LogP contribution < -0.4 is 0 Å². The topological polar surface area (TPSA) is 37.4 Å². The van der Waals surface area contributed by atoms with E-state index in [1.54, 1.807) is 23.1 Å². The predicted molar refractivity (Wildman–Crippen MR) is 91.1 cm³/mol. The molecule has 3 rings (SSSR count). The molecule has 0 saturated carbocycles. The van der Waals surface area contributed by atoms with Gasteiger partial charge >= 0.3 is 0 Å². The molecule has 0 fully saturated rings. The molecule has 0 bridgehead atoms. The normalized spacial score (nSPS) is 16.8. The Kier molecular flexibility index (Phi) is 4.69. The summed E-state index contributed by atoms with van der Waals surface area (Å²) in [6.07, 6.45) is 1.23. The summed E-state index contributed by atoms with van der Waals surface area (Å²) in [4.78, 5) is 25.5. The smallest absolute Gasteiger partial charge is 0.254 e. The van der Waals surface area contributed by atoms with E-state index < -0.39 is 0 Å². The van der Waals surface area contributed by atoms with Gasteiger partial charge in [0.2, 0.25) is 0 Å². The Morgan fingerprint density at radius 1 is 1.17 bits per heavy atom. The van der Waals surface area contributed by atoms with Gasteiger partial charge in [0, 0.05) is 31.0 Å². The van der Waals surface area contributed by atoms with Crippen molar-refractivity contribution in [2.45, 2.75) is 18.9 Å². The van der Waals surface area contributed by atoms with Crippen LogP contribution in [0.1, 0.15) is 33.8 Å². The van der Waals surface area contributed by atoms with Crippen LogP contribution in [-0.4, -0.2) is 23.6 Å². The first-order valence-electron chi connectivity index (χ1n) is 7.36. The Hall–Kier alpha value is -1.84. The first-order valence-corrected chi connectivity index (χ1v) is 8.12. The van der Waals surface area contributed by atoms with E-state index in [2.05, 4.69) is 0 Å². The van der Waals surface area contributed by atoms with Gasteiger partial charge < -0.3 is 9.69 Å². The summed E-state index contributed by atoms with van der Waals surface area (Å²) in [6, 6.07) is 12.7. The first kappa shape index (κ1) is 16.0. The second kappa shape index (κ2) is 6.73. The van der Waals surface area contributed by atoms with Crippen LogP contribution in [0.5, 0.6) is 0 Å². The fourth-order valence-corrected chi connectivity index (χ4v) is 3.42. The molecule has 2 aromatic rings. The number of amides is 1. The lowest BCUT2D eigenvalue weighted by atomic mass is 9.87. The van der Waals surface area contributed by atoms with Gasteiger partial charge in [0.15, 0.2) is 0 Å². The molecule has 2 aromatic carbocycles. The SMILES string of the molecule is O=CC[C@@H]1CN(C(=O)c2ccccc2)Cc2c1ccc(Cl)c2Cl. The molecular formula is C18H15Cl2NO2. The molecule has 1 amide bonds. The summed E-state index contributed by atoms with van der Waals surface area (Å²) in [6.45, 7) is 0.898. The van der Waals surface area contributed by atoms with Crippen LogP contribution >= 0.6 is 23.2 Å². The third-order valence-electron chi connectivity index (χ3n) is 4.15. The molecule has 118 valence electrons. The average Bonchev–Trinajstić information content (AvgIpc) is 2.58. The van der Waals surface area contributed by atoms with E-state index in [1.165, 1.54) is 0 Å². The van der Waals surface area contributed by atoms with Crippen molar-refractivity contribution in [2.75, 3.05) is 6.54 Å². The van der Waals surface area contributed by atoms with Crippen molar-refractivity contribution in [2.24, 2.45) is 0 Å². The van der Waals surface area contributed by atoms with Gasteiger partial charge in [-0.2, -0.15) is 0 Å². The minimum Gasteiger partial charge on any atom is -0.334 e. The van der Waals surface area contributed by atoms with Gasteiger partial charge in [0.1, 0.15) is 6.29 Å². The molecule has 1 aliphatic heterocycles. The van der Waals surface area contributed by atoms with Gasteiger partial charge in [-0.3, -0.25) is 4.79 Å². The molecule has 0 spiro atoms. The van der Waals surface area contributed by atoms with Gasteiger partial charge in [-0.1, -0.05) is 47.5 Å². The zero-order chi connectivity index (χ0) is 16.4. The summed E-state index contributed by atoms with van der Waals surface area (Å²) in [5.41, 5.74) is 2.46. The van der Waals surface area contributed by atoms with Crippen LogP contribution in [0.4, 0.5) is 0 Å². The predicted octanol–water partition coefficient (Wildman–Crippen LogP) is 4.32. The molecule has 0 radical (unpaired) electrons. The molecule has 5 heteroatoms. The van der Waals surface area contributed by atoms with Crippen molar-refractivity contribution in [1.29, 1.82) is 0 Å². The van der Waals surface area contributed by atoms with Crippen molar-refractivity contribution < 1.29 is 9.59 Å². The average molecular weight is 348 g/mol. The Bertz CT molecular complexity index is 746. The molecule has 0 aliphatic carbocycles. The van der Waals surface area contributed by atoms with Gasteiger partial charge in [0.05, 0.1) is 10.0 Å². The van der Waals surface area contributed by atoms with Gasteiger partial charge in [-0.05, 0) is 29.3 Å². The van der Waals surface area contributed by atoms with Crippen molar-refractivity contribution >= 4 is 35.4 Å². The number of nitrogens with zero attached hydrogens (tertiary/aromatic N) is 1. The Labute approximate surface area is 144 Å². The van der Waals surface area contributed by atoms with E-state index in [0.717, 1.165) is 17.4 Å². The van der Waals surface area contributed by atoms with E-state index in [-0.39, 0.29) is 11.8 Å². The van der Waals surface area contributed by atoms with Crippen LogP contribution in [-0.2, 0) is 11.3 Å². The summed E-state index contributed by atoms with van der Waals surface area (Å²) < 4.78 is 0. The number of hydrogen-bond acceptors (Lipinski definition) is 2. The molecule has 1 atom stereocenters. The Balaban J connectivity index is 1.98. The lowest BCUT2D eigenvalue weighted by Gasteiger charge is -2.35. The first-order chi connectivity index (χ1) is 11.1. The number of rotatable bonds is 3. The zero-order valence-electron chi connectivity index (χ0n) is 12.3. The number of hydrogen-bond donors (Lipinski definition) is 0. The number of benzene rings is 2. The maximum atomic E-state index is 12.7. The van der Waals surface area contributed by atoms with Crippen molar-refractivity contribution in [1.82, 2.24) is 4.90 Å². The lowest BCUT2D eigenvalue weighted by Crippen LogP contribution is -2.38. The van der Waals surface area contributed by atoms with Crippen molar-refractivity contribution in [3.63, 3.8) is 0 Å². The number of halogens is 2. The summed E-state index contributed by atoms with van der Waals surface area (Å²) in [5.74, 6) is -0.123. The quantitative estimate of drug-likeness (QED) is 0.775. The highest BCUT2D eigenvalue weighted by Crippen LogP contribution is 2.38. The summed E-state index contributed by atoms with van der Waals surface area (Å²) in [5, 5.41) is 0.926. The highest BCUT2D eigenvalue weighted by atomic mass is 35.5. The van der Waals surface area contributed by atoms with Gasteiger partial charge in [-0.15, -0.1) is 0 Å². The van der Waals surface area contributed by atoms with Gasteiger partial charge in [-0.25, -0.2) is 0 Å². The number of aldehydes is 1. The van der Waals surface area contributed by atoms with Crippen LogP contribution in [0, 0.1) is 0 Å². The van der Waals surface area contributed by atoms with E-state index in [0.29, 0.717) is 35.1 Å². The Morgan fingerprint density at radius 3 is 2.61 bits per heavy atom. The van der Waals surface area contributed by atoms with Crippen LogP contribution in [0.25, 0.3) is 0 Å². The van der Waals surface area contributed by atoms with Crippen molar-refractivity contribution in [3.05, 3.63) is 69.2 Å². The third-order valence-corrected chi connectivity index (χ3v) is 4.99. The Morgan fingerprint density at radius 2 is 1.91 bits per heavy atom. The highest BCUT2D eigenvalue weighted by molar-refractivity contribution is 6.42. The lowest BCUT2D eigenvalue weighted by molar-refractivity contribution is -0.108. The maximum absolute atomic E-state index is 12.7. The standard InChI is InChI=1S/C18H15Cl2NO2/c19-16-7-6-14-13(8-9-22)10-21(11-15(14)17(16)20)18(23)12-4-2-1-3-5-12/h1-7,9,13H,8,10-11H2/t13-/m1/s1. The molecule has 0 N–H and O–H groups in total. The molecule has 0 aromatic heterocycles. The highest BCUT2D eigenvalue weighted by Gasteiger charge is 2.30. The third kappa shape index (κ3) is 3.12. The van der Waals surface area contributed by atoms with E-state index in [4.69, 9.17) is 23.2 Å². The van der Waals surface area contributed by atoms with Crippen LogP contribution in [0.3, 0.4) is 0 Å². The molecule has 0 saturated heterocycles. The van der Waals surface area contributed by atoms with E-state index >= 15 is 0 Å². The number of fused-ring (bicyclic) bond motifs is 1. The molecule has 23 heavy (non-hydrogen) atoms. The fourth-order valence-electron chi connectivity index (χ4n) is 3.01. The summed E-state index contributed by atoms with van der Waals surface area (Å²) in [7, 11) is 0. The minimum atomic E-state index is -0.0665. The molecular weight excluding hydrogens is 333 g/mol. The zero-order valence-corrected chi connectivity index (χ0v) is 13.8. The van der Waals surface area contributed by atoms with Crippen LogP contribution in [0.15, 0.2) is 42.5 Å². The molecule has 0 unspecified atom stereocenters. The second-order valence-corrected chi connectivity index (χ2v) is 6.37. The number of carbonyl (C=O) groups excluding carboxylic acids is 2. The minimum absolute atomic E-state index is 0.0568. The van der Waals surface area contributed by atoms with Crippen molar-refractivity contribution in [3.8, 4) is 0 Å². The molecule has 1 aliphatic rings.